The average Bonchev–Trinajstić information content (AvgIpc) is 3.62. The molecule has 1 spiro atoms. The van der Waals surface area contributed by atoms with E-state index in [1.165, 1.54) is 0 Å². The van der Waals surface area contributed by atoms with Gasteiger partial charge in [0.1, 0.15) is 17.2 Å². The molecule has 3 aliphatic rings. The minimum absolute atomic E-state index is 0.0533. The molecule has 1 aromatic carbocycles. The number of aromatic amines is 1. The highest BCUT2D eigenvalue weighted by molar-refractivity contribution is 6.47. The lowest BCUT2D eigenvalue weighted by molar-refractivity contribution is -0.133. The molecule has 0 bridgehead atoms. The number of rotatable bonds is 10. The number of tetrazole rings is 1. The van der Waals surface area contributed by atoms with Crippen molar-refractivity contribution in [3.05, 3.63) is 64.3 Å². The first-order chi connectivity index (χ1) is 20.3. The molecule has 224 valence electrons. The van der Waals surface area contributed by atoms with Crippen molar-refractivity contribution in [1.82, 2.24) is 30.8 Å². The Morgan fingerprint density at radius 1 is 1.17 bits per heavy atom. The van der Waals surface area contributed by atoms with Crippen LogP contribution in [0.5, 0.6) is 0 Å². The van der Waals surface area contributed by atoms with Crippen LogP contribution >= 0.6 is 0 Å². The molecule has 0 saturated heterocycles. The number of carbonyl (C=O) groups excluding carboxylic acids is 2. The van der Waals surface area contributed by atoms with Crippen LogP contribution in [-0.2, 0) is 11.3 Å². The van der Waals surface area contributed by atoms with Crippen LogP contribution in [0.25, 0.3) is 0 Å². The Morgan fingerprint density at radius 3 is 2.52 bits per heavy atom. The Kier molecular flexibility index (Phi) is 8.99. The highest BCUT2D eigenvalue weighted by Crippen LogP contribution is 2.48. The van der Waals surface area contributed by atoms with E-state index in [-0.39, 0.29) is 30.2 Å². The summed E-state index contributed by atoms with van der Waals surface area (Å²) in [5.41, 5.74) is 2.93. The van der Waals surface area contributed by atoms with E-state index in [2.05, 4.69) is 51.6 Å². The number of nitrogens with one attached hydrogen (secondary N) is 2. The van der Waals surface area contributed by atoms with Crippen LogP contribution in [0.3, 0.4) is 0 Å². The quantitative estimate of drug-likeness (QED) is 0.353. The molecule has 1 aromatic heterocycles. The van der Waals surface area contributed by atoms with E-state index in [0.717, 1.165) is 49.7 Å². The molecule has 9 nitrogen and oxygen atoms in total. The molecule has 1 saturated carbocycles. The normalized spacial score (nSPS) is 23.4. The van der Waals surface area contributed by atoms with Crippen molar-refractivity contribution in [2.75, 3.05) is 0 Å². The molecule has 42 heavy (non-hydrogen) atoms. The highest BCUT2D eigenvalue weighted by Gasteiger charge is 2.52. The summed E-state index contributed by atoms with van der Waals surface area (Å²) in [7, 11) is 0. The first-order valence-electron chi connectivity index (χ1n) is 15.4. The van der Waals surface area contributed by atoms with Crippen molar-refractivity contribution in [3.63, 3.8) is 0 Å². The van der Waals surface area contributed by atoms with Crippen LogP contribution < -0.4 is 5.32 Å². The summed E-state index contributed by atoms with van der Waals surface area (Å²) in [5.74, 6) is 1.23. The molecule has 1 unspecified atom stereocenters. The van der Waals surface area contributed by atoms with Crippen LogP contribution in [0.1, 0.15) is 113 Å². The maximum atomic E-state index is 14.5. The van der Waals surface area contributed by atoms with Gasteiger partial charge in [-0.05, 0) is 85.6 Å². The number of nitrogens with zero attached hydrogens (tertiary/aromatic N) is 5. The fourth-order valence-electron chi connectivity index (χ4n) is 6.72. The number of hydrogen-bond donors (Lipinski definition) is 2. The van der Waals surface area contributed by atoms with Gasteiger partial charge in [0, 0.05) is 12.0 Å². The largest absolute Gasteiger partial charge is 0.345 e. The summed E-state index contributed by atoms with van der Waals surface area (Å²) in [6, 6.07) is 7.33. The lowest BCUT2D eigenvalue weighted by Crippen LogP contribution is -2.51. The van der Waals surface area contributed by atoms with Gasteiger partial charge in [-0.25, -0.2) is 4.39 Å². The first-order valence-corrected chi connectivity index (χ1v) is 15.4. The Hall–Kier alpha value is -3.69. The highest BCUT2D eigenvalue weighted by atomic mass is 19.1. The van der Waals surface area contributed by atoms with Crippen LogP contribution in [0.2, 0.25) is 0 Å². The topological polar surface area (TPSA) is 116 Å². The van der Waals surface area contributed by atoms with Crippen molar-refractivity contribution in [2.45, 2.75) is 104 Å². The maximum absolute atomic E-state index is 14.5. The summed E-state index contributed by atoms with van der Waals surface area (Å²) in [6.07, 6.45) is 8.61. The number of H-pyrrole nitrogens is 1. The summed E-state index contributed by atoms with van der Waals surface area (Å²) in [5, 5.41) is 16.4. The summed E-state index contributed by atoms with van der Waals surface area (Å²) in [6.45, 7) is 8.79. The summed E-state index contributed by atoms with van der Waals surface area (Å²) >= 11 is 0. The van der Waals surface area contributed by atoms with E-state index < -0.39 is 5.66 Å². The molecule has 1 aliphatic heterocycles. The second-order valence-corrected chi connectivity index (χ2v) is 12.1. The van der Waals surface area contributed by atoms with Gasteiger partial charge in [0.25, 0.3) is 11.8 Å². The van der Waals surface area contributed by atoms with Gasteiger partial charge < -0.3 is 10.2 Å². The van der Waals surface area contributed by atoms with Crippen molar-refractivity contribution in [2.24, 2.45) is 16.8 Å². The maximum Gasteiger partial charge on any atom is 0.274 e. The second kappa shape index (κ2) is 12.7. The lowest BCUT2D eigenvalue weighted by Gasteiger charge is -2.46. The fourth-order valence-corrected chi connectivity index (χ4v) is 6.72. The predicted octanol–water partition coefficient (Wildman–Crippen LogP) is 6.15. The first kappa shape index (κ1) is 29.8. The third-order valence-electron chi connectivity index (χ3n) is 9.19. The number of hydrogen-bond acceptors (Lipinski definition) is 6. The number of allylic oxidation sites excluding steroid dienone is 3. The molecule has 2 heterocycles. The molecule has 5 rings (SSSR count). The molecule has 1 fully saturated rings. The molecule has 2 aliphatic carbocycles. The van der Waals surface area contributed by atoms with Crippen molar-refractivity contribution < 1.29 is 14.0 Å². The zero-order valence-corrected chi connectivity index (χ0v) is 25.1. The van der Waals surface area contributed by atoms with Gasteiger partial charge >= 0.3 is 0 Å². The van der Waals surface area contributed by atoms with Gasteiger partial charge in [0.05, 0.1) is 12.6 Å². The van der Waals surface area contributed by atoms with Gasteiger partial charge in [-0.15, -0.1) is 10.2 Å². The zero-order valence-electron chi connectivity index (χ0n) is 25.1. The molecule has 2 N–H and O–H groups in total. The SMILES string of the molecule is CCCC(c1ccc(C(=O)NCc2nn[nH]n2)cc1)N1C(=O)C(C2=CC(CC)=C(F)CC2)=NC12CCC(C(C)C)CC2. The number of aromatic nitrogens is 4. The second-order valence-electron chi connectivity index (χ2n) is 12.1. The van der Waals surface area contributed by atoms with E-state index in [1.54, 1.807) is 12.1 Å². The van der Waals surface area contributed by atoms with Crippen molar-refractivity contribution in [1.29, 1.82) is 0 Å². The van der Waals surface area contributed by atoms with Gasteiger partial charge in [-0.2, -0.15) is 5.21 Å². The Morgan fingerprint density at radius 2 is 1.90 bits per heavy atom. The van der Waals surface area contributed by atoms with Crippen molar-refractivity contribution >= 4 is 17.5 Å². The number of aliphatic imine (C=N–C) groups is 1. The third kappa shape index (κ3) is 5.94. The van der Waals surface area contributed by atoms with Crippen LogP contribution in [-0.4, -0.2) is 48.7 Å². The minimum atomic E-state index is -0.606. The Labute approximate surface area is 247 Å². The summed E-state index contributed by atoms with van der Waals surface area (Å²) in [4.78, 5) is 34.5. The van der Waals surface area contributed by atoms with E-state index in [9.17, 15) is 14.0 Å². The summed E-state index contributed by atoms with van der Waals surface area (Å²) < 4.78 is 14.5. The molecule has 1 atom stereocenters. The van der Waals surface area contributed by atoms with E-state index in [4.69, 9.17) is 4.99 Å². The molecular weight excluding hydrogens is 533 g/mol. The van der Waals surface area contributed by atoms with Crippen LogP contribution in [0.15, 0.2) is 52.3 Å². The standard InChI is InChI=1S/C32H42FN7O2/c1-5-7-27(23-8-10-24(11-9-23)30(41)34-19-28-36-38-39-37-28)40-31(42)29(25-12-13-26(33)21(6-2)18-25)35-32(40)16-14-22(15-17-32)20(3)4/h8-11,18,20,22,27H,5-7,12-17,19H2,1-4H3,(H,34,41)(H,36,37,38,39). The Balaban J connectivity index is 1.45. The number of benzene rings is 1. The van der Waals surface area contributed by atoms with Crippen LogP contribution in [0.4, 0.5) is 4.39 Å². The Bertz CT molecular complexity index is 1370. The fraction of sp³-hybridized carbons (Fsp3) is 0.562. The number of carbonyl (C=O) groups is 2. The van der Waals surface area contributed by atoms with Gasteiger partial charge in [0.15, 0.2) is 5.82 Å². The zero-order chi connectivity index (χ0) is 29.9. The smallest absolute Gasteiger partial charge is 0.274 e. The number of halogens is 1. The predicted molar refractivity (Wildman–Crippen MR) is 159 cm³/mol. The molecule has 0 radical (unpaired) electrons. The molecule has 2 amide bonds. The van der Waals surface area contributed by atoms with E-state index in [0.29, 0.717) is 53.8 Å². The molecular formula is C32H42FN7O2. The van der Waals surface area contributed by atoms with E-state index in [1.807, 2.05) is 25.1 Å². The molecule has 2 aromatic rings. The molecule has 10 heteroatoms. The van der Waals surface area contributed by atoms with Gasteiger partial charge in [0.2, 0.25) is 0 Å². The number of amides is 2. The van der Waals surface area contributed by atoms with Gasteiger partial charge in [-0.3, -0.25) is 14.6 Å². The van der Waals surface area contributed by atoms with Crippen LogP contribution in [0, 0.1) is 11.8 Å². The van der Waals surface area contributed by atoms with Gasteiger partial charge in [-0.1, -0.05) is 57.5 Å². The minimum Gasteiger partial charge on any atom is -0.345 e. The van der Waals surface area contributed by atoms with E-state index >= 15 is 0 Å². The van der Waals surface area contributed by atoms with Crippen molar-refractivity contribution in [3.8, 4) is 0 Å². The average molecular weight is 576 g/mol. The third-order valence-corrected chi connectivity index (χ3v) is 9.19. The lowest BCUT2D eigenvalue weighted by atomic mass is 9.76. The monoisotopic (exact) mass is 575 g/mol.